The van der Waals surface area contributed by atoms with Gasteiger partial charge < -0.3 is 14.2 Å². The Kier molecular flexibility index (Phi) is 5.82. The Labute approximate surface area is 169 Å². The topological polar surface area (TPSA) is 73.9 Å². The second kappa shape index (κ2) is 8.32. The van der Waals surface area contributed by atoms with Crippen LogP contribution in [0.5, 0.6) is 11.5 Å². The van der Waals surface area contributed by atoms with E-state index < -0.39 is 10.0 Å². The van der Waals surface area contributed by atoms with Gasteiger partial charge in [0.2, 0.25) is 10.0 Å². The van der Waals surface area contributed by atoms with Crippen LogP contribution in [-0.2, 0) is 14.8 Å². The number of benzene rings is 2. The average Bonchev–Trinajstić information content (AvgIpc) is 2.73. The van der Waals surface area contributed by atoms with Gasteiger partial charge in [0.1, 0.15) is 13.2 Å². The van der Waals surface area contributed by atoms with E-state index in [-0.39, 0.29) is 9.64 Å². The highest BCUT2D eigenvalue weighted by Gasteiger charge is 2.35. The molecule has 2 aliphatic rings. The molecule has 6 nitrogen and oxygen atoms in total. The van der Waals surface area contributed by atoms with Crippen LogP contribution in [0.15, 0.2) is 58.3 Å². The highest BCUT2D eigenvalue weighted by Crippen LogP contribution is 2.40. The molecule has 1 saturated heterocycles. The number of nitrogens with one attached hydrogen (secondary N) is 1. The predicted molar refractivity (Wildman–Crippen MR) is 108 cm³/mol. The van der Waals surface area contributed by atoms with Crippen LogP contribution in [0.3, 0.4) is 0 Å². The monoisotopic (exact) mass is 421 g/mol. The summed E-state index contributed by atoms with van der Waals surface area (Å²) in [5, 5.41) is 0. The number of ether oxygens (including phenoxy) is 3. The van der Waals surface area contributed by atoms with Crippen molar-refractivity contribution in [3.63, 3.8) is 0 Å². The zero-order valence-electron chi connectivity index (χ0n) is 15.4. The van der Waals surface area contributed by atoms with Crippen LogP contribution >= 0.6 is 11.8 Å². The average molecular weight is 422 g/mol. The molecule has 1 N–H and O–H groups in total. The molecule has 0 radical (unpaired) electrons. The summed E-state index contributed by atoms with van der Waals surface area (Å²) < 4.78 is 44.9. The highest BCUT2D eigenvalue weighted by molar-refractivity contribution is 8.00. The van der Waals surface area contributed by atoms with Crippen LogP contribution in [0.4, 0.5) is 0 Å². The molecular formula is C20H23NO5S2. The maximum Gasteiger partial charge on any atom is 0.240 e. The Bertz CT molecular complexity index is 911. The van der Waals surface area contributed by atoms with E-state index in [2.05, 4.69) is 16.9 Å². The lowest BCUT2D eigenvalue weighted by Gasteiger charge is -2.36. The Hall–Kier alpha value is -1.74. The summed E-state index contributed by atoms with van der Waals surface area (Å²) in [5.74, 6) is 1.04. The number of hydrogen-bond acceptors (Lipinski definition) is 6. The molecule has 0 spiro atoms. The molecule has 1 fully saturated rings. The van der Waals surface area contributed by atoms with Gasteiger partial charge in [-0.15, -0.1) is 11.8 Å². The van der Waals surface area contributed by atoms with Gasteiger partial charge in [-0.3, -0.25) is 0 Å². The molecule has 8 heteroatoms. The van der Waals surface area contributed by atoms with Gasteiger partial charge >= 0.3 is 0 Å². The van der Waals surface area contributed by atoms with Crippen LogP contribution in [0.25, 0.3) is 0 Å². The van der Waals surface area contributed by atoms with Crippen LogP contribution in [0.2, 0.25) is 0 Å². The fourth-order valence-electron chi connectivity index (χ4n) is 3.30. The SMILES string of the molecule is O=S(=O)(NCC1(Sc2ccccc2)CCOCC1)c1ccc2c(c1)OCCO2. The van der Waals surface area contributed by atoms with Crippen molar-refractivity contribution in [1.82, 2.24) is 4.72 Å². The first-order chi connectivity index (χ1) is 13.6. The summed E-state index contributed by atoms with van der Waals surface area (Å²) >= 11 is 1.72. The van der Waals surface area contributed by atoms with E-state index >= 15 is 0 Å². The van der Waals surface area contributed by atoms with Gasteiger partial charge in [0.05, 0.1) is 4.90 Å². The third-order valence-corrected chi connectivity index (χ3v) is 7.78. The molecule has 4 rings (SSSR count). The van der Waals surface area contributed by atoms with E-state index in [0.717, 1.165) is 17.7 Å². The standard InChI is InChI=1S/C20H23NO5S2/c22-28(23,17-6-7-18-19(14-17)26-13-12-25-18)21-15-20(8-10-24-11-9-20)27-16-4-2-1-3-5-16/h1-7,14,21H,8-13,15H2. The summed E-state index contributed by atoms with van der Waals surface area (Å²) in [5.41, 5.74) is 0. The number of fused-ring (bicyclic) bond motifs is 1. The van der Waals surface area contributed by atoms with Crippen LogP contribution < -0.4 is 14.2 Å². The maximum atomic E-state index is 12.9. The minimum absolute atomic E-state index is 0.184. The predicted octanol–water partition coefficient (Wildman–Crippen LogP) is 3.08. The first-order valence-corrected chi connectivity index (χ1v) is 11.6. The molecule has 0 bridgehead atoms. The second-order valence-corrected chi connectivity index (χ2v) is 10.1. The quantitative estimate of drug-likeness (QED) is 0.773. The molecular weight excluding hydrogens is 398 g/mol. The summed E-state index contributed by atoms with van der Waals surface area (Å²) in [7, 11) is -3.66. The largest absolute Gasteiger partial charge is 0.486 e. The van der Waals surface area contributed by atoms with Crippen molar-refractivity contribution in [3.8, 4) is 11.5 Å². The first-order valence-electron chi connectivity index (χ1n) is 9.28. The van der Waals surface area contributed by atoms with E-state index in [0.29, 0.717) is 44.5 Å². The van der Waals surface area contributed by atoms with E-state index in [1.165, 1.54) is 6.07 Å². The molecule has 0 saturated carbocycles. The number of rotatable bonds is 6. The zero-order valence-corrected chi connectivity index (χ0v) is 17.1. The van der Waals surface area contributed by atoms with E-state index in [9.17, 15) is 8.42 Å². The lowest BCUT2D eigenvalue weighted by atomic mass is 9.99. The summed E-state index contributed by atoms with van der Waals surface area (Å²) in [6.45, 7) is 2.49. The van der Waals surface area contributed by atoms with Gasteiger partial charge in [-0.1, -0.05) is 18.2 Å². The van der Waals surface area contributed by atoms with Crippen molar-refractivity contribution >= 4 is 21.8 Å². The Morgan fingerprint density at radius 1 is 0.929 bits per heavy atom. The summed E-state index contributed by atoms with van der Waals surface area (Å²) in [4.78, 5) is 1.31. The second-order valence-electron chi connectivity index (χ2n) is 6.84. The minimum Gasteiger partial charge on any atom is -0.486 e. The van der Waals surface area contributed by atoms with Gasteiger partial charge in [-0.05, 0) is 37.1 Å². The molecule has 0 unspecified atom stereocenters. The lowest BCUT2D eigenvalue weighted by Crippen LogP contribution is -2.44. The van der Waals surface area contributed by atoms with Crippen molar-refractivity contribution in [1.29, 1.82) is 0 Å². The first kappa shape index (κ1) is 19.6. The summed E-state index contributed by atoms with van der Waals surface area (Å²) in [6, 6.07) is 14.8. The number of sulfonamides is 1. The van der Waals surface area contributed by atoms with Crippen molar-refractivity contribution in [2.24, 2.45) is 0 Å². The summed E-state index contributed by atoms with van der Waals surface area (Å²) in [6.07, 6.45) is 1.58. The molecule has 150 valence electrons. The van der Waals surface area contributed by atoms with Gasteiger partial charge in [0, 0.05) is 35.5 Å². The molecule has 2 aromatic rings. The molecule has 0 atom stereocenters. The molecule has 28 heavy (non-hydrogen) atoms. The van der Waals surface area contributed by atoms with Gasteiger partial charge in [0.25, 0.3) is 0 Å². The van der Waals surface area contributed by atoms with Crippen LogP contribution in [0, 0.1) is 0 Å². The molecule has 2 aromatic carbocycles. The Morgan fingerprint density at radius 3 is 2.39 bits per heavy atom. The van der Waals surface area contributed by atoms with Gasteiger partial charge in [-0.25, -0.2) is 13.1 Å². The highest BCUT2D eigenvalue weighted by atomic mass is 32.2. The third-order valence-electron chi connectivity index (χ3n) is 4.89. The lowest BCUT2D eigenvalue weighted by molar-refractivity contribution is 0.0784. The Morgan fingerprint density at radius 2 is 1.64 bits per heavy atom. The van der Waals surface area contributed by atoms with Crippen molar-refractivity contribution in [2.45, 2.75) is 27.4 Å². The number of thioether (sulfide) groups is 1. The van der Waals surface area contributed by atoms with E-state index in [1.807, 2.05) is 18.2 Å². The van der Waals surface area contributed by atoms with Crippen LogP contribution in [-0.4, -0.2) is 46.1 Å². The third kappa shape index (κ3) is 4.46. The van der Waals surface area contributed by atoms with Crippen molar-refractivity contribution in [2.75, 3.05) is 33.0 Å². The Balaban J connectivity index is 1.51. The van der Waals surface area contributed by atoms with Crippen LogP contribution in [0.1, 0.15) is 12.8 Å². The minimum atomic E-state index is -3.66. The van der Waals surface area contributed by atoms with E-state index in [1.54, 1.807) is 23.9 Å². The molecule has 0 amide bonds. The fraction of sp³-hybridized carbons (Fsp3) is 0.400. The van der Waals surface area contributed by atoms with Gasteiger partial charge in [0.15, 0.2) is 11.5 Å². The normalized spacial score (nSPS) is 18.6. The number of hydrogen-bond donors (Lipinski definition) is 1. The molecule has 2 heterocycles. The van der Waals surface area contributed by atoms with Gasteiger partial charge in [-0.2, -0.15) is 0 Å². The van der Waals surface area contributed by atoms with Crippen molar-refractivity contribution < 1.29 is 22.6 Å². The fourth-order valence-corrected chi connectivity index (χ4v) is 5.84. The molecule has 2 aliphatic heterocycles. The van der Waals surface area contributed by atoms with Crippen molar-refractivity contribution in [3.05, 3.63) is 48.5 Å². The zero-order chi connectivity index (χ0) is 19.5. The maximum absolute atomic E-state index is 12.9. The van der Waals surface area contributed by atoms with E-state index in [4.69, 9.17) is 14.2 Å². The molecule has 0 aliphatic carbocycles. The molecule has 0 aromatic heterocycles. The smallest absolute Gasteiger partial charge is 0.240 e.